The number of fused-ring (bicyclic) bond motifs is 1. The van der Waals surface area contributed by atoms with Gasteiger partial charge in [-0.15, -0.1) is 0 Å². The third-order valence-electron chi connectivity index (χ3n) is 6.75. The molecule has 3 atom stereocenters. The lowest BCUT2D eigenvalue weighted by atomic mass is 9.78. The SMILES string of the molecule is Cc1c(C(=O)N[C@@H]2CCC[C@H](C)[C@@H]2C)oc2ccc(S(=O)(=O)N3CCOCC3)cc12. The lowest BCUT2D eigenvalue weighted by Crippen LogP contribution is -2.43. The minimum atomic E-state index is -3.61. The predicted octanol–water partition coefficient (Wildman–Crippen LogP) is 3.32. The van der Waals surface area contributed by atoms with Crippen molar-refractivity contribution >= 4 is 26.9 Å². The molecule has 4 rings (SSSR count). The average molecular weight is 435 g/mol. The summed E-state index contributed by atoms with van der Waals surface area (Å²) in [5.74, 6) is 1.02. The number of benzene rings is 1. The van der Waals surface area contributed by atoms with Gasteiger partial charge in [-0.1, -0.05) is 26.7 Å². The highest BCUT2D eigenvalue weighted by molar-refractivity contribution is 7.89. The molecule has 2 aromatic rings. The monoisotopic (exact) mass is 434 g/mol. The number of carbonyl (C=O) groups is 1. The highest BCUT2D eigenvalue weighted by Crippen LogP contribution is 2.32. The maximum absolute atomic E-state index is 13.0. The van der Waals surface area contributed by atoms with E-state index in [0.717, 1.165) is 12.8 Å². The van der Waals surface area contributed by atoms with Gasteiger partial charge in [0.05, 0.1) is 18.1 Å². The van der Waals surface area contributed by atoms with Crippen LogP contribution in [0.25, 0.3) is 11.0 Å². The van der Waals surface area contributed by atoms with Crippen LogP contribution < -0.4 is 5.32 Å². The zero-order valence-corrected chi connectivity index (χ0v) is 18.6. The zero-order valence-electron chi connectivity index (χ0n) is 17.8. The third kappa shape index (κ3) is 3.88. The number of amides is 1. The molecule has 2 fully saturated rings. The Labute approximate surface area is 177 Å². The van der Waals surface area contributed by atoms with Crippen molar-refractivity contribution in [3.05, 3.63) is 29.5 Å². The Hall–Kier alpha value is -1.90. The van der Waals surface area contributed by atoms with Gasteiger partial charge in [-0.3, -0.25) is 4.79 Å². The second-order valence-corrected chi connectivity index (χ2v) is 10.5. The Kier molecular flexibility index (Phi) is 5.92. The number of nitrogens with one attached hydrogen (secondary N) is 1. The molecule has 0 radical (unpaired) electrons. The van der Waals surface area contributed by atoms with E-state index >= 15 is 0 Å². The lowest BCUT2D eigenvalue weighted by molar-refractivity contribution is 0.0730. The molecule has 8 heteroatoms. The van der Waals surface area contributed by atoms with E-state index in [1.165, 1.54) is 10.7 Å². The molecule has 0 bridgehead atoms. The van der Waals surface area contributed by atoms with Gasteiger partial charge in [0.2, 0.25) is 10.0 Å². The number of nitrogens with zero attached hydrogens (tertiary/aromatic N) is 1. The van der Waals surface area contributed by atoms with E-state index in [9.17, 15) is 13.2 Å². The van der Waals surface area contributed by atoms with Crippen molar-refractivity contribution in [3.63, 3.8) is 0 Å². The first-order valence-electron chi connectivity index (χ1n) is 10.7. The minimum Gasteiger partial charge on any atom is -0.451 e. The van der Waals surface area contributed by atoms with E-state index < -0.39 is 10.0 Å². The van der Waals surface area contributed by atoms with Crippen LogP contribution in [0.2, 0.25) is 0 Å². The number of hydrogen-bond acceptors (Lipinski definition) is 5. The number of ether oxygens (including phenoxy) is 1. The zero-order chi connectivity index (χ0) is 21.5. The van der Waals surface area contributed by atoms with Gasteiger partial charge in [0, 0.05) is 30.1 Å². The number of rotatable bonds is 4. The highest BCUT2D eigenvalue weighted by atomic mass is 32.2. The average Bonchev–Trinajstić information content (AvgIpc) is 3.08. The van der Waals surface area contributed by atoms with Gasteiger partial charge in [0.1, 0.15) is 5.58 Å². The fourth-order valence-electron chi connectivity index (χ4n) is 4.53. The summed E-state index contributed by atoms with van der Waals surface area (Å²) in [5.41, 5.74) is 1.18. The summed E-state index contributed by atoms with van der Waals surface area (Å²) >= 11 is 0. The van der Waals surface area contributed by atoms with Crippen LogP contribution in [0.15, 0.2) is 27.5 Å². The van der Waals surface area contributed by atoms with Gasteiger partial charge in [-0.2, -0.15) is 4.31 Å². The van der Waals surface area contributed by atoms with Gasteiger partial charge in [0.15, 0.2) is 5.76 Å². The molecule has 1 N–H and O–H groups in total. The standard InChI is InChI=1S/C22H30N2O5S/c1-14-5-4-6-19(15(14)2)23-22(25)21-16(3)18-13-17(7-8-20(18)29-21)30(26,27)24-9-11-28-12-10-24/h7-8,13-15,19H,4-6,9-12H2,1-3H3,(H,23,25)/t14-,15-,19+/m0/s1. The maximum Gasteiger partial charge on any atom is 0.287 e. The number of morpholine rings is 1. The number of furan rings is 1. The normalized spacial score (nSPS) is 26.0. The molecular weight excluding hydrogens is 404 g/mol. The quantitative estimate of drug-likeness (QED) is 0.797. The fourth-order valence-corrected chi connectivity index (χ4v) is 5.97. The molecule has 7 nitrogen and oxygen atoms in total. The molecule has 30 heavy (non-hydrogen) atoms. The maximum atomic E-state index is 13.0. The molecule has 1 aliphatic carbocycles. The summed E-state index contributed by atoms with van der Waals surface area (Å²) < 4.78 is 38.5. The Morgan fingerprint density at radius 3 is 2.63 bits per heavy atom. The van der Waals surface area contributed by atoms with Crippen molar-refractivity contribution < 1.29 is 22.4 Å². The molecule has 2 heterocycles. The van der Waals surface area contributed by atoms with Crippen molar-refractivity contribution in [3.8, 4) is 0 Å². The van der Waals surface area contributed by atoms with Crippen LogP contribution >= 0.6 is 0 Å². The summed E-state index contributed by atoms with van der Waals surface area (Å²) in [7, 11) is -3.61. The summed E-state index contributed by atoms with van der Waals surface area (Å²) in [4.78, 5) is 13.2. The Balaban J connectivity index is 1.60. The molecule has 1 aromatic heterocycles. The Bertz CT molecular complexity index is 1040. The number of hydrogen-bond donors (Lipinski definition) is 1. The molecule has 1 aromatic carbocycles. The smallest absolute Gasteiger partial charge is 0.287 e. The van der Waals surface area contributed by atoms with Crippen molar-refractivity contribution in [2.75, 3.05) is 26.3 Å². The van der Waals surface area contributed by atoms with Crippen LogP contribution in [0.1, 0.15) is 49.2 Å². The van der Waals surface area contributed by atoms with Crippen molar-refractivity contribution in [1.29, 1.82) is 0 Å². The summed E-state index contributed by atoms with van der Waals surface area (Å²) in [6, 6.07) is 4.92. The lowest BCUT2D eigenvalue weighted by Gasteiger charge is -2.34. The first-order chi connectivity index (χ1) is 14.3. The Morgan fingerprint density at radius 2 is 1.90 bits per heavy atom. The first kappa shape index (κ1) is 21.3. The van der Waals surface area contributed by atoms with E-state index in [1.54, 1.807) is 25.1 Å². The predicted molar refractivity (Wildman–Crippen MR) is 114 cm³/mol. The molecular formula is C22H30N2O5S. The highest BCUT2D eigenvalue weighted by Gasteiger charge is 2.31. The van der Waals surface area contributed by atoms with Gasteiger partial charge >= 0.3 is 0 Å². The third-order valence-corrected chi connectivity index (χ3v) is 8.64. The van der Waals surface area contributed by atoms with Gasteiger partial charge in [-0.05, 0) is 43.4 Å². The van der Waals surface area contributed by atoms with Crippen molar-refractivity contribution in [2.24, 2.45) is 11.8 Å². The van der Waals surface area contributed by atoms with Crippen LogP contribution in [-0.4, -0.2) is 51.0 Å². The molecule has 164 valence electrons. The van der Waals surface area contributed by atoms with Crippen molar-refractivity contribution in [2.45, 2.75) is 51.0 Å². The molecule has 1 aliphatic heterocycles. The molecule has 1 saturated carbocycles. The van der Waals surface area contributed by atoms with E-state index in [-0.39, 0.29) is 22.6 Å². The minimum absolute atomic E-state index is 0.131. The van der Waals surface area contributed by atoms with Crippen molar-refractivity contribution in [1.82, 2.24) is 9.62 Å². The second kappa shape index (κ2) is 8.32. The van der Waals surface area contributed by atoms with Gasteiger partial charge in [0.25, 0.3) is 5.91 Å². The van der Waals surface area contributed by atoms with E-state index in [1.807, 2.05) is 0 Å². The van der Waals surface area contributed by atoms with Crippen LogP contribution in [0.5, 0.6) is 0 Å². The van der Waals surface area contributed by atoms with Crippen LogP contribution in [0.3, 0.4) is 0 Å². The summed E-state index contributed by atoms with van der Waals surface area (Å²) in [5, 5.41) is 3.79. The summed E-state index contributed by atoms with van der Waals surface area (Å²) in [6.07, 6.45) is 3.27. The fraction of sp³-hybridized carbons (Fsp3) is 0.591. The van der Waals surface area contributed by atoms with Crippen LogP contribution in [-0.2, 0) is 14.8 Å². The molecule has 1 amide bonds. The van der Waals surface area contributed by atoms with Gasteiger partial charge < -0.3 is 14.5 Å². The number of aryl methyl sites for hydroxylation is 1. The summed E-state index contributed by atoms with van der Waals surface area (Å²) in [6.45, 7) is 7.70. The Morgan fingerprint density at radius 1 is 1.17 bits per heavy atom. The largest absolute Gasteiger partial charge is 0.451 e. The van der Waals surface area contributed by atoms with Gasteiger partial charge in [-0.25, -0.2) is 8.42 Å². The van der Waals surface area contributed by atoms with Crippen LogP contribution in [0.4, 0.5) is 0 Å². The topological polar surface area (TPSA) is 88.8 Å². The number of carbonyl (C=O) groups excluding carboxylic acids is 1. The molecule has 2 aliphatic rings. The first-order valence-corrected chi connectivity index (χ1v) is 12.1. The second-order valence-electron chi connectivity index (χ2n) is 8.58. The van der Waals surface area contributed by atoms with E-state index in [4.69, 9.17) is 9.15 Å². The molecule has 0 spiro atoms. The molecule has 0 unspecified atom stereocenters. The molecule has 1 saturated heterocycles. The van der Waals surface area contributed by atoms with Crippen LogP contribution in [0, 0.1) is 18.8 Å². The number of sulfonamides is 1. The van der Waals surface area contributed by atoms with E-state index in [0.29, 0.717) is 54.7 Å². The van der Waals surface area contributed by atoms with E-state index in [2.05, 4.69) is 19.2 Å².